The lowest BCUT2D eigenvalue weighted by molar-refractivity contribution is -0.129. The van der Waals surface area contributed by atoms with Gasteiger partial charge in [-0.3, -0.25) is 9.78 Å². The number of amides is 1. The average molecular weight is 274 g/mol. The molecule has 1 N–H and O–H groups in total. The molecule has 0 radical (unpaired) electrons. The van der Waals surface area contributed by atoms with Crippen LogP contribution in [0.1, 0.15) is 39.6 Å². The molecule has 0 saturated carbocycles. The molecule has 2 aromatic rings. The molecule has 2 aromatic heterocycles. The molecule has 106 valence electrons. The molecule has 0 aromatic carbocycles. The van der Waals surface area contributed by atoms with Gasteiger partial charge >= 0.3 is 0 Å². The highest BCUT2D eigenvalue weighted by molar-refractivity contribution is 5.81. The fraction of sp³-hybridized carbons (Fsp3) is 0.429. The minimum Gasteiger partial charge on any atom is -0.344 e. The molecule has 2 heterocycles. The quantitative estimate of drug-likeness (QED) is 0.929. The Morgan fingerprint density at radius 2 is 1.95 bits per heavy atom. The SMILES string of the molecule is CC(NC(=O)C(C)(C)C)c1nc(-c2ccncc2)no1. The minimum atomic E-state index is -0.456. The smallest absolute Gasteiger partial charge is 0.249 e. The van der Waals surface area contributed by atoms with Crippen LogP contribution in [-0.4, -0.2) is 21.0 Å². The molecule has 20 heavy (non-hydrogen) atoms. The highest BCUT2D eigenvalue weighted by atomic mass is 16.5. The highest BCUT2D eigenvalue weighted by Gasteiger charge is 2.25. The number of aromatic nitrogens is 3. The summed E-state index contributed by atoms with van der Waals surface area (Å²) in [5.74, 6) is 0.808. The summed E-state index contributed by atoms with van der Waals surface area (Å²) >= 11 is 0. The first-order valence-electron chi connectivity index (χ1n) is 6.43. The van der Waals surface area contributed by atoms with Gasteiger partial charge in [0.2, 0.25) is 17.6 Å². The van der Waals surface area contributed by atoms with Gasteiger partial charge in [-0.2, -0.15) is 4.98 Å². The van der Waals surface area contributed by atoms with E-state index in [1.54, 1.807) is 24.5 Å². The van der Waals surface area contributed by atoms with E-state index >= 15 is 0 Å². The van der Waals surface area contributed by atoms with E-state index in [0.29, 0.717) is 11.7 Å². The molecule has 2 rings (SSSR count). The Labute approximate surface area is 117 Å². The minimum absolute atomic E-state index is 0.0614. The van der Waals surface area contributed by atoms with Gasteiger partial charge in [-0.15, -0.1) is 0 Å². The van der Waals surface area contributed by atoms with Crippen LogP contribution in [0.3, 0.4) is 0 Å². The van der Waals surface area contributed by atoms with Crippen LogP contribution >= 0.6 is 0 Å². The zero-order valence-corrected chi connectivity index (χ0v) is 12.0. The van der Waals surface area contributed by atoms with Crippen LogP contribution in [0.2, 0.25) is 0 Å². The highest BCUT2D eigenvalue weighted by Crippen LogP contribution is 2.19. The molecule has 1 unspecified atom stereocenters. The Morgan fingerprint density at radius 1 is 1.30 bits per heavy atom. The number of carbonyl (C=O) groups is 1. The topological polar surface area (TPSA) is 80.9 Å². The summed E-state index contributed by atoms with van der Waals surface area (Å²) in [7, 11) is 0. The summed E-state index contributed by atoms with van der Waals surface area (Å²) < 4.78 is 5.20. The molecule has 0 aliphatic carbocycles. The van der Waals surface area contributed by atoms with E-state index in [1.807, 2.05) is 27.7 Å². The van der Waals surface area contributed by atoms with Crippen molar-refractivity contribution in [1.29, 1.82) is 0 Å². The predicted molar refractivity (Wildman–Crippen MR) is 73.5 cm³/mol. The Balaban J connectivity index is 2.11. The van der Waals surface area contributed by atoms with E-state index in [-0.39, 0.29) is 11.9 Å². The lowest BCUT2D eigenvalue weighted by Gasteiger charge is -2.19. The van der Waals surface area contributed by atoms with Crippen molar-refractivity contribution in [3.63, 3.8) is 0 Å². The number of pyridine rings is 1. The van der Waals surface area contributed by atoms with Gasteiger partial charge in [-0.05, 0) is 19.1 Å². The first kappa shape index (κ1) is 14.2. The van der Waals surface area contributed by atoms with Crippen molar-refractivity contribution in [3.8, 4) is 11.4 Å². The van der Waals surface area contributed by atoms with Crippen molar-refractivity contribution < 1.29 is 9.32 Å². The molecule has 1 amide bonds. The number of nitrogens with zero attached hydrogens (tertiary/aromatic N) is 3. The summed E-state index contributed by atoms with van der Waals surface area (Å²) in [5.41, 5.74) is 0.367. The van der Waals surface area contributed by atoms with Crippen LogP contribution in [0.15, 0.2) is 29.0 Å². The van der Waals surface area contributed by atoms with E-state index < -0.39 is 5.41 Å². The standard InChI is InChI=1S/C14H18N4O2/c1-9(16-13(19)14(2,3)4)12-17-11(18-20-12)10-5-7-15-8-6-10/h5-9H,1-4H3,(H,16,19). The van der Waals surface area contributed by atoms with Gasteiger partial charge in [0.05, 0.1) is 0 Å². The Bertz CT molecular complexity index is 587. The number of nitrogens with one attached hydrogen (secondary N) is 1. The van der Waals surface area contributed by atoms with E-state index in [9.17, 15) is 4.79 Å². The van der Waals surface area contributed by atoms with Crippen molar-refractivity contribution in [2.45, 2.75) is 33.7 Å². The first-order chi connectivity index (χ1) is 9.38. The zero-order chi connectivity index (χ0) is 14.8. The van der Waals surface area contributed by atoms with Gasteiger partial charge < -0.3 is 9.84 Å². The molecule has 0 saturated heterocycles. The molecule has 1 atom stereocenters. The maximum atomic E-state index is 11.9. The summed E-state index contributed by atoms with van der Waals surface area (Å²) in [6, 6.07) is 3.27. The maximum Gasteiger partial charge on any atom is 0.249 e. The molecule has 0 aliphatic rings. The number of rotatable bonds is 3. The number of hydrogen-bond acceptors (Lipinski definition) is 5. The molecule has 0 spiro atoms. The second-order valence-corrected chi connectivity index (χ2v) is 5.64. The molecule has 0 fully saturated rings. The van der Waals surface area contributed by atoms with Crippen molar-refractivity contribution in [2.75, 3.05) is 0 Å². The Hall–Kier alpha value is -2.24. The monoisotopic (exact) mass is 274 g/mol. The van der Waals surface area contributed by atoms with E-state index in [4.69, 9.17) is 4.52 Å². The number of hydrogen-bond donors (Lipinski definition) is 1. The third kappa shape index (κ3) is 3.20. The second kappa shape index (κ2) is 5.40. The van der Waals surface area contributed by atoms with Gasteiger partial charge in [0.25, 0.3) is 0 Å². The van der Waals surface area contributed by atoms with Crippen LogP contribution in [0, 0.1) is 5.41 Å². The lowest BCUT2D eigenvalue weighted by atomic mass is 9.95. The van der Waals surface area contributed by atoms with Gasteiger partial charge in [0.1, 0.15) is 6.04 Å². The Morgan fingerprint density at radius 3 is 2.55 bits per heavy atom. The summed E-state index contributed by atoms with van der Waals surface area (Å²) in [6.07, 6.45) is 3.33. The first-order valence-corrected chi connectivity index (χ1v) is 6.43. The lowest BCUT2D eigenvalue weighted by Crippen LogP contribution is -2.36. The molecule has 0 aliphatic heterocycles. The van der Waals surface area contributed by atoms with Crippen molar-refractivity contribution in [1.82, 2.24) is 20.4 Å². The molecular formula is C14H18N4O2. The van der Waals surface area contributed by atoms with Crippen LogP contribution in [0.25, 0.3) is 11.4 Å². The Kier molecular flexibility index (Phi) is 3.83. The third-order valence-electron chi connectivity index (χ3n) is 2.78. The fourth-order valence-electron chi connectivity index (χ4n) is 1.50. The normalized spacial score (nSPS) is 13.0. The summed E-state index contributed by atoms with van der Waals surface area (Å²) in [4.78, 5) is 20.1. The summed E-state index contributed by atoms with van der Waals surface area (Å²) in [5, 5.41) is 6.77. The van der Waals surface area contributed by atoms with Gasteiger partial charge in [0.15, 0.2) is 0 Å². The summed E-state index contributed by atoms with van der Waals surface area (Å²) in [6.45, 7) is 7.37. The van der Waals surface area contributed by atoms with E-state index in [0.717, 1.165) is 5.56 Å². The average Bonchev–Trinajstić information content (AvgIpc) is 2.88. The van der Waals surface area contributed by atoms with Crippen LogP contribution in [0.5, 0.6) is 0 Å². The van der Waals surface area contributed by atoms with E-state index in [1.165, 1.54) is 0 Å². The zero-order valence-electron chi connectivity index (χ0n) is 12.0. The van der Waals surface area contributed by atoms with Crippen molar-refractivity contribution in [3.05, 3.63) is 30.4 Å². The van der Waals surface area contributed by atoms with Gasteiger partial charge in [0, 0.05) is 23.4 Å². The third-order valence-corrected chi connectivity index (χ3v) is 2.78. The van der Waals surface area contributed by atoms with Crippen LogP contribution in [-0.2, 0) is 4.79 Å². The van der Waals surface area contributed by atoms with Crippen molar-refractivity contribution >= 4 is 5.91 Å². The van der Waals surface area contributed by atoms with E-state index in [2.05, 4.69) is 20.4 Å². The largest absolute Gasteiger partial charge is 0.344 e. The molecule has 0 bridgehead atoms. The van der Waals surface area contributed by atoms with Crippen molar-refractivity contribution in [2.24, 2.45) is 5.41 Å². The van der Waals surface area contributed by atoms with Crippen LogP contribution in [0.4, 0.5) is 0 Å². The van der Waals surface area contributed by atoms with Gasteiger partial charge in [-0.25, -0.2) is 0 Å². The van der Waals surface area contributed by atoms with Gasteiger partial charge in [-0.1, -0.05) is 25.9 Å². The molecule has 6 nitrogen and oxygen atoms in total. The second-order valence-electron chi connectivity index (χ2n) is 5.64. The maximum absolute atomic E-state index is 11.9. The molecule has 6 heteroatoms. The van der Waals surface area contributed by atoms with Crippen LogP contribution < -0.4 is 5.32 Å². The fourth-order valence-corrected chi connectivity index (χ4v) is 1.50. The number of carbonyl (C=O) groups excluding carboxylic acids is 1. The molecular weight excluding hydrogens is 256 g/mol. The predicted octanol–water partition coefficient (Wildman–Crippen LogP) is 2.35.